The van der Waals surface area contributed by atoms with Crippen molar-refractivity contribution in [3.05, 3.63) is 56.2 Å². The highest BCUT2D eigenvalue weighted by Crippen LogP contribution is 2.23. The molecule has 0 fully saturated rings. The lowest BCUT2D eigenvalue weighted by atomic mass is 10.1. The summed E-state index contributed by atoms with van der Waals surface area (Å²) in [6, 6.07) is 9.90. The van der Waals surface area contributed by atoms with E-state index in [9.17, 15) is 4.79 Å². The molecule has 4 heteroatoms. The summed E-state index contributed by atoms with van der Waals surface area (Å²) in [5.74, 6) is -0.114. The van der Waals surface area contributed by atoms with Crippen molar-refractivity contribution in [2.75, 3.05) is 5.32 Å². The van der Waals surface area contributed by atoms with E-state index < -0.39 is 0 Å². The maximum atomic E-state index is 11.8. The molecular weight excluding hydrogens is 322 g/mol. The van der Waals surface area contributed by atoms with Crippen LogP contribution in [-0.2, 0) is 4.79 Å². The van der Waals surface area contributed by atoms with Gasteiger partial charge in [-0.25, -0.2) is 0 Å². The van der Waals surface area contributed by atoms with Gasteiger partial charge in [0.05, 0.1) is 3.79 Å². The maximum absolute atomic E-state index is 11.8. The number of halogens is 1. The zero-order valence-corrected chi connectivity index (χ0v) is 13.1. The molecule has 2 aromatic rings. The molecule has 1 amide bonds. The normalized spacial score (nSPS) is 10.9. The number of thiophene rings is 1. The van der Waals surface area contributed by atoms with Crippen molar-refractivity contribution in [2.24, 2.45) is 0 Å². The van der Waals surface area contributed by atoms with Crippen LogP contribution in [-0.4, -0.2) is 5.91 Å². The Bertz CT molecular complexity index is 631. The van der Waals surface area contributed by atoms with Crippen molar-refractivity contribution >= 4 is 44.9 Å². The average Bonchev–Trinajstić information content (AvgIpc) is 2.76. The van der Waals surface area contributed by atoms with E-state index in [0.717, 1.165) is 19.9 Å². The molecule has 19 heavy (non-hydrogen) atoms. The molecule has 1 heterocycles. The van der Waals surface area contributed by atoms with E-state index in [1.165, 1.54) is 5.56 Å². The third-order valence-electron chi connectivity index (χ3n) is 2.63. The first kappa shape index (κ1) is 14.0. The highest BCUT2D eigenvalue weighted by Gasteiger charge is 2.02. The van der Waals surface area contributed by atoms with Crippen LogP contribution in [0.4, 0.5) is 5.69 Å². The summed E-state index contributed by atoms with van der Waals surface area (Å²) in [5, 5.41) is 2.88. The molecule has 0 aliphatic rings. The lowest BCUT2D eigenvalue weighted by Crippen LogP contribution is -2.08. The Balaban J connectivity index is 2.03. The Morgan fingerprint density at radius 2 is 2.05 bits per heavy atom. The number of hydrogen-bond donors (Lipinski definition) is 1. The molecule has 1 N–H and O–H groups in total. The van der Waals surface area contributed by atoms with Crippen molar-refractivity contribution < 1.29 is 4.79 Å². The molecule has 98 valence electrons. The Morgan fingerprint density at radius 1 is 1.26 bits per heavy atom. The smallest absolute Gasteiger partial charge is 0.248 e. The van der Waals surface area contributed by atoms with Crippen LogP contribution >= 0.6 is 27.3 Å². The van der Waals surface area contributed by atoms with Gasteiger partial charge < -0.3 is 5.32 Å². The molecule has 0 aliphatic heterocycles. The molecule has 0 saturated carbocycles. The molecule has 2 rings (SSSR count). The second-order valence-corrected chi connectivity index (χ2v) is 6.78. The summed E-state index contributed by atoms with van der Waals surface area (Å²) >= 11 is 4.98. The van der Waals surface area contributed by atoms with E-state index in [4.69, 9.17) is 0 Å². The highest BCUT2D eigenvalue weighted by molar-refractivity contribution is 9.11. The molecule has 2 nitrogen and oxygen atoms in total. The van der Waals surface area contributed by atoms with Crippen molar-refractivity contribution in [3.8, 4) is 0 Å². The minimum Gasteiger partial charge on any atom is -0.322 e. The van der Waals surface area contributed by atoms with Gasteiger partial charge in [0.2, 0.25) is 5.91 Å². The van der Waals surface area contributed by atoms with Gasteiger partial charge in [0, 0.05) is 16.6 Å². The van der Waals surface area contributed by atoms with Gasteiger partial charge in [0.1, 0.15) is 0 Å². The zero-order chi connectivity index (χ0) is 13.8. The minimum absolute atomic E-state index is 0.114. The minimum atomic E-state index is -0.114. The van der Waals surface area contributed by atoms with E-state index >= 15 is 0 Å². The maximum Gasteiger partial charge on any atom is 0.248 e. The predicted octanol–water partition coefficient (Wildman–Crippen LogP) is 4.78. The van der Waals surface area contributed by atoms with Crippen molar-refractivity contribution in [3.63, 3.8) is 0 Å². The highest BCUT2D eigenvalue weighted by atomic mass is 79.9. The number of carbonyl (C=O) groups is 1. The first-order valence-electron chi connectivity index (χ1n) is 5.86. The topological polar surface area (TPSA) is 29.1 Å². The van der Waals surface area contributed by atoms with E-state index in [0.29, 0.717) is 0 Å². The number of carbonyl (C=O) groups excluding carboxylic acids is 1. The first-order valence-corrected chi connectivity index (χ1v) is 7.47. The summed E-state index contributed by atoms with van der Waals surface area (Å²) in [5.41, 5.74) is 3.11. The van der Waals surface area contributed by atoms with Gasteiger partial charge in [-0.05, 0) is 59.6 Å². The third kappa shape index (κ3) is 4.04. The number of rotatable bonds is 3. The fraction of sp³-hybridized carbons (Fsp3) is 0.133. The van der Waals surface area contributed by atoms with E-state index in [2.05, 4.69) is 27.3 Å². The van der Waals surface area contributed by atoms with Crippen molar-refractivity contribution in [1.82, 2.24) is 0 Å². The van der Waals surface area contributed by atoms with Crippen molar-refractivity contribution in [2.45, 2.75) is 13.8 Å². The number of nitrogens with one attached hydrogen (secondary N) is 1. The van der Waals surface area contributed by atoms with Crippen LogP contribution in [0, 0.1) is 13.8 Å². The molecule has 0 atom stereocenters. The summed E-state index contributed by atoms with van der Waals surface area (Å²) < 4.78 is 1.06. The van der Waals surface area contributed by atoms with Gasteiger partial charge in [0.15, 0.2) is 0 Å². The van der Waals surface area contributed by atoms with Crippen LogP contribution in [0.1, 0.15) is 16.0 Å². The van der Waals surface area contributed by atoms with E-state index in [1.807, 2.05) is 44.2 Å². The van der Waals surface area contributed by atoms with E-state index in [-0.39, 0.29) is 5.91 Å². The van der Waals surface area contributed by atoms with Crippen LogP contribution in [0.15, 0.2) is 40.2 Å². The quantitative estimate of drug-likeness (QED) is 0.803. The fourth-order valence-electron chi connectivity index (χ4n) is 1.70. The Morgan fingerprint density at radius 3 is 2.68 bits per heavy atom. The molecule has 0 bridgehead atoms. The molecule has 0 saturated heterocycles. The van der Waals surface area contributed by atoms with Gasteiger partial charge in [0.25, 0.3) is 0 Å². The number of aryl methyl sites for hydroxylation is 2. The van der Waals surface area contributed by atoms with Crippen LogP contribution in [0.5, 0.6) is 0 Å². The second-order valence-electron chi connectivity index (χ2n) is 4.28. The number of amides is 1. The monoisotopic (exact) mass is 335 g/mol. The molecular formula is C15H14BrNOS. The summed E-state index contributed by atoms with van der Waals surface area (Å²) in [6.07, 6.45) is 3.37. The Kier molecular flexibility index (Phi) is 4.56. The third-order valence-corrected chi connectivity index (χ3v) is 4.22. The van der Waals surface area contributed by atoms with Crippen LogP contribution in [0.25, 0.3) is 6.08 Å². The fourth-order valence-corrected chi connectivity index (χ4v) is 3.03. The van der Waals surface area contributed by atoms with E-state index in [1.54, 1.807) is 17.4 Å². The van der Waals surface area contributed by atoms with Gasteiger partial charge in [-0.15, -0.1) is 11.3 Å². The molecule has 0 spiro atoms. The van der Waals surface area contributed by atoms with Gasteiger partial charge >= 0.3 is 0 Å². The zero-order valence-electron chi connectivity index (χ0n) is 10.7. The lowest BCUT2D eigenvalue weighted by molar-refractivity contribution is -0.111. The summed E-state index contributed by atoms with van der Waals surface area (Å²) in [7, 11) is 0. The van der Waals surface area contributed by atoms with Crippen molar-refractivity contribution in [1.29, 1.82) is 0 Å². The van der Waals surface area contributed by atoms with Gasteiger partial charge in [-0.1, -0.05) is 17.7 Å². The summed E-state index contributed by atoms with van der Waals surface area (Å²) in [6.45, 7) is 4.02. The average molecular weight is 336 g/mol. The molecule has 0 aliphatic carbocycles. The SMILES string of the molecule is Cc1ccc(NC(=O)C=Cc2ccc(Br)s2)c(C)c1. The standard InChI is InChI=1S/C15H14BrNOS/c1-10-3-6-13(11(2)9-10)17-15(18)8-5-12-4-7-14(16)19-12/h3-9H,1-2H3,(H,17,18). The molecule has 0 radical (unpaired) electrons. The van der Waals surface area contributed by atoms with Gasteiger partial charge in [-0.2, -0.15) is 0 Å². The number of benzene rings is 1. The second kappa shape index (κ2) is 6.17. The molecule has 1 aromatic heterocycles. The van der Waals surface area contributed by atoms with Crippen LogP contribution < -0.4 is 5.32 Å². The Hall–Kier alpha value is -1.39. The lowest BCUT2D eigenvalue weighted by Gasteiger charge is -2.06. The van der Waals surface area contributed by atoms with Gasteiger partial charge in [-0.3, -0.25) is 4.79 Å². The number of anilines is 1. The van der Waals surface area contributed by atoms with Crippen LogP contribution in [0.2, 0.25) is 0 Å². The Labute approximate surface area is 125 Å². The molecule has 1 aromatic carbocycles. The largest absolute Gasteiger partial charge is 0.322 e. The molecule has 0 unspecified atom stereocenters. The first-order chi connectivity index (χ1) is 9.04. The van der Waals surface area contributed by atoms with Crippen LogP contribution in [0.3, 0.4) is 0 Å². The predicted molar refractivity (Wildman–Crippen MR) is 85.6 cm³/mol. The summed E-state index contributed by atoms with van der Waals surface area (Å²) in [4.78, 5) is 12.9. The number of hydrogen-bond acceptors (Lipinski definition) is 2.